The number of quaternary nitrogens is 1. The van der Waals surface area contributed by atoms with Gasteiger partial charge >= 0.3 is 17.9 Å². The normalized spacial score (nSPS) is 13.5. The van der Waals surface area contributed by atoms with E-state index >= 15 is 0 Å². The highest BCUT2D eigenvalue weighted by atomic mass is 16.6. The zero-order valence-electron chi connectivity index (χ0n) is 41.3. The number of allylic oxidation sites excluding steroid dienone is 12. The minimum Gasteiger partial charge on any atom is -0.477 e. The average molecular weight is 883 g/mol. The van der Waals surface area contributed by atoms with Crippen molar-refractivity contribution in [2.45, 2.75) is 219 Å². The summed E-state index contributed by atoms with van der Waals surface area (Å²) in [5, 5.41) is 9.65. The zero-order chi connectivity index (χ0) is 46.3. The van der Waals surface area contributed by atoms with Gasteiger partial charge in [0.1, 0.15) is 6.61 Å². The van der Waals surface area contributed by atoms with Crippen LogP contribution in [0, 0.1) is 0 Å². The van der Waals surface area contributed by atoms with Gasteiger partial charge in [0.15, 0.2) is 12.1 Å². The van der Waals surface area contributed by atoms with Crippen molar-refractivity contribution in [1.29, 1.82) is 0 Å². The summed E-state index contributed by atoms with van der Waals surface area (Å²) in [4.78, 5) is 37.1. The van der Waals surface area contributed by atoms with Gasteiger partial charge in [-0.2, -0.15) is 0 Å². The second-order valence-electron chi connectivity index (χ2n) is 18.0. The molecule has 0 saturated carbocycles. The van der Waals surface area contributed by atoms with Crippen LogP contribution in [0.2, 0.25) is 0 Å². The summed E-state index contributed by atoms with van der Waals surface area (Å²) >= 11 is 0. The van der Waals surface area contributed by atoms with E-state index in [1.54, 1.807) is 0 Å². The molecule has 0 fully saturated rings. The molecule has 8 heteroatoms. The standard InChI is InChI=1S/C55H95NO7/c1-6-8-10-12-14-16-18-20-22-24-25-26-27-28-30-32-34-36-38-40-42-44-46-54(58)63-51(49-61-48-47-52(55(59)60)56(3,4)5)50-62-53(57)45-43-41-39-37-35-33-31-29-23-21-19-17-15-13-11-9-7-2/h9,11,15,17,21,23,27-28,31,33,37,39,51-52H,6-8,10,12-14,16,18-20,22,24-26,29-30,32,34-36,38,40-50H2,1-5H3/p+1/b11-9+,17-15+,23-21+,28-27+,33-31+,39-37+. The summed E-state index contributed by atoms with van der Waals surface area (Å²) < 4.78 is 17.3. The molecule has 2 unspecified atom stereocenters. The van der Waals surface area contributed by atoms with Crippen LogP contribution in [-0.4, -0.2) is 80.6 Å². The molecule has 0 aromatic carbocycles. The molecule has 0 aromatic rings. The van der Waals surface area contributed by atoms with Crippen LogP contribution in [0.1, 0.15) is 206 Å². The quantitative estimate of drug-likeness (QED) is 0.0281. The molecule has 0 radical (unpaired) electrons. The van der Waals surface area contributed by atoms with Gasteiger partial charge in [-0.25, -0.2) is 4.79 Å². The Bertz CT molecular complexity index is 1260. The van der Waals surface area contributed by atoms with Gasteiger partial charge in [-0.05, 0) is 77.0 Å². The van der Waals surface area contributed by atoms with Crippen LogP contribution in [-0.2, 0) is 28.6 Å². The molecule has 63 heavy (non-hydrogen) atoms. The molecule has 0 aromatic heterocycles. The first-order chi connectivity index (χ1) is 30.6. The van der Waals surface area contributed by atoms with E-state index in [9.17, 15) is 19.5 Å². The maximum atomic E-state index is 12.8. The van der Waals surface area contributed by atoms with Gasteiger partial charge in [0, 0.05) is 19.3 Å². The minimum atomic E-state index is -0.884. The number of likely N-dealkylation sites (N-methyl/N-ethyl adjacent to an activating group) is 1. The van der Waals surface area contributed by atoms with E-state index in [4.69, 9.17) is 14.2 Å². The molecule has 0 spiro atoms. The first-order valence-corrected chi connectivity index (χ1v) is 25.5. The maximum absolute atomic E-state index is 12.8. The zero-order valence-corrected chi connectivity index (χ0v) is 41.3. The number of carbonyl (C=O) groups excluding carboxylic acids is 2. The molecule has 0 saturated heterocycles. The lowest BCUT2D eigenvalue weighted by molar-refractivity contribution is -0.887. The number of carbonyl (C=O) groups is 3. The molecule has 0 rings (SSSR count). The van der Waals surface area contributed by atoms with Gasteiger partial charge in [0.05, 0.1) is 34.4 Å². The molecule has 0 heterocycles. The summed E-state index contributed by atoms with van der Waals surface area (Å²) in [7, 11) is 5.51. The van der Waals surface area contributed by atoms with Crippen molar-refractivity contribution in [2.75, 3.05) is 41.0 Å². The van der Waals surface area contributed by atoms with Gasteiger partial charge in [0.25, 0.3) is 0 Å². The molecule has 8 nitrogen and oxygen atoms in total. The Morgan fingerprint density at radius 1 is 0.492 bits per heavy atom. The van der Waals surface area contributed by atoms with E-state index in [2.05, 4.69) is 86.8 Å². The van der Waals surface area contributed by atoms with E-state index < -0.39 is 18.1 Å². The second kappa shape index (κ2) is 45.3. The molecule has 362 valence electrons. The Kier molecular flexibility index (Phi) is 43.0. The van der Waals surface area contributed by atoms with E-state index in [-0.39, 0.29) is 42.7 Å². The van der Waals surface area contributed by atoms with Gasteiger partial charge in [0.2, 0.25) is 0 Å². The molecule has 0 aliphatic heterocycles. The fraction of sp³-hybridized carbons (Fsp3) is 0.727. The van der Waals surface area contributed by atoms with E-state index in [1.807, 2.05) is 21.1 Å². The number of esters is 2. The average Bonchev–Trinajstić information content (AvgIpc) is 3.24. The van der Waals surface area contributed by atoms with E-state index in [0.29, 0.717) is 19.3 Å². The first kappa shape index (κ1) is 59.8. The SMILES string of the molecule is CC/C=C/C/C=C/C/C=C/C/C=C/C/C=C/CCCC(=O)OCC(COCCC(C(=O)O)[N+](C)(C)C)OC(=O)CCCCCCCCC/C=C/CCCCCCCCCCCCC. The maximum Gasteiger partial charge on any atom is 0.362 e. The van der Waals surface area contributed by atoms with Gasteiger partial charge < -0.3 is 23.8 Å². The van der Waals surface area contributed by atoms with Crippen molar-refractivity contribution in [2.24, 2.45) is 0 Å². The highest BCUT2D eigenvalue weighted by Crippen LogP contribution is 2.15. The molecule has 2 atom stereocenters. The highest BCUT2D eigenvalue weighted by molar-refractivity contribution is 5.72. The van der Waals surface area contributed by atoms with Gasteiger partial charge in [-0.3, -0.25) is 9.59 Å². The monoisotopic (exact) mass is 883 g/mol. The second-order valence-corrected chi connectivity index (χ2v) is 18.0. The number of hydrogen-bond acceptors (Lipinski definition) is 6. The third-order valence-corrected chi connectivity index (χ3v) is 11.1. The molecule has 0 amide bonds. The third-order valence-electron chi connectivity index (χ3n) is 11.1. The van der Waals surface area contributed by atoms with Crippen LogP contribution in [0.15, 0.2) is 72.9 Å². The molecule has 0 bridgehead atoms. The largest absolute Gasteiger partial charge is 0.477 e. The third kappa shape index (κ3) is 43.8. The Balaban J connectivity index is 4.33. The van der Waals surface area contributed by atoms with Crippen LogP contribution in [0.25, 0.3) is 0 Å². The smallest absolute Gasteiger partial charge is 0.362 e. The number of ether oxygens (including phenoxy) is 3. The van der Waals surface area contributed by atoms with Crippen molar-refractivity contribution in [3.63, 3.8) is 0 Å². The van der Waals surface area contributed by atoms with Crippen LogP contribution in [0.4, 0.5) is 0 Å². The Morgan fingerprint density at radius 3 is 1.38 bits per heavy atom. The van der Waals surface area contributed by atoms with Crippen molar-refractivity contribution < 1.29 is 38.2 Å². The summed E-state index contributed by atoms with van der Waals surface area (Å²) in [5.41, 5.74) is 0. The van der Waals surface area contributed by atoms with Gasteiger partial charge in [-0.15, -0.1) is 0 Å². The number of unbranched alkanes of at least 4 members (excludes halogenated alkanes) is 19. The number of aliphatic carboxylic acids is 1. The number of hydrogen-bond donors (Lipinski definition) is 1. The van der Waals surface area contributed by atoms with Crippen molar-refractivity contribution in [3.8, 4) is 0 Å². The minimum absolute atomic E-state index is 0.0388. The number of rotatable bonds is 45. The predicted octanol–water partition coefficient (Wildman–Crippen LogP) is 14.7. The van der Waals surface area contributed by atoms with Crippen molar-refractivity contribution >= 4 is 17.9 Å². The summed E-state index contributed by atoms with van der Waals surface area (Å²) in [5.74, 6) is -1.55. The Labute approximate surface area is 387 Å². The number of carboxylic acids is 1. The summed E-state index contributed by atoms with van der Waals surface area (Å²) in [6.07, 6.45) is 58.2. The fourth-order valence-electron chi connectivity index (χ4n) is 7.18. The Morgan fingerprint density at radius 2 is 0.905 bits per heavy atom. The molecular formula is C55H96NO7+. The van der Waals surface area contributed by atoms with E-state index in [1.165, 1.54) is 109 Å². The predicted molar refractivity (Wildman–Crippen MR) is 266 cm³/mol. The van der Waals surface area contributed by atoms with Crippen LogP contribution < -0.4 is 0 Å². The lowest BCUT2D eigenvalue weighted by atomic mass is 10.0. The summed E-state index contributed by atoms with van der Waals surface area (Å²) in [6, 6.07) is -0.627. The topological polar surface area (TPSA) is 99.1 Å². The van der Waals surface area contributed by atoms with Crippen LogP contribution in [0.3, 0.4) is 0 Å². The Hall–Kier alpha value is -3.23. The number of nitrogens with zero attached hydrogens (tertiary/aromatic N) is 1. The fourth-order valence-corrected chi connectivity index (χ4v) is 7.18. The first-order valence-electron chi connectivity index (χ1n) is 25.5. The van der Waals surface area contributed by atoms with E-state index in [0.717, 1.165) is 57.8 Å². The summed E-state index contributed by atoms with van der Waals surface area (Å²) in [6.45, 7) is 4.57. The number of carboxylic acid groups (broad SMARTS) is 1. The van der Waals surface area contributed by atoms with Crippen LogP contribution >= 0.6 is 0 Å². The van der Waals surface area contributed by atoms with Crippen LogP contribution in [0.5, 0.6) is 0 Å². The molecule has 0 aliphatic carbocycles. The molecular weight excluding hydrogens is 787 g/mol. The highest BCUT2D eigenvalue weighted by Gasteiger charge is 2.31. The molecule has 1 N–H and O–H groups in total. The molecule has 0 aliphatic rings. The van der Waals surface area contributed by atoms with Gasteiger partial charge in [-0.1, -0.05) is 183 Å². The van der Waals surface area contributed by atoms with Crippen molar-refractivity contribution in [1.82, 2.24) is 0 Å². The van der Waals surface area contributed by atoms with Crippen molar-refractivity contribution in [3.05, 3.63) is 72.9 Å². The lowest BCUT2D eigenvalue weighted by Crippen LogP contribution is -2.50. The lowest BCUT2D eigenvalue weighted by Gasteiger charge is -2.31.